The molecule has 2 aromatic carbocycles. The Morgan fingerprint density at radius 1 is 0.808 bits per heavy atom. The van der Waals surface area contributed by atoms with E-state index in [2.05, 4.69) is 0 Å². The summed E-state index contributed by atoms with van der Waals surface area (Å²) < 4.78 is 9.81. The fraction of sp³-hybridized carbons (Fsp3) is 0.250. The van der Waals surface area contributed by atoms with E-state index in [0.717, 1.165) is 5.19 Å². The number of methoxy groups -OCH3 is 2. The lowest BCUT2D eigenvalue weighted by molar-refractivity contribution is -0.150. The molecule has 0 saturated heterocycles. The molecule has 0 amide bonds. The Hall–Kier alpha value is -2.73. The van der Waals surface area contributed by atoms with Crippen LogP contribution in [0.5, 0.6) is 0 Å². The van der Waals surface area contributed by atoms with Gasteiger partial charge in [-0.25, -0.2) is 0 Å². The third-order valence-corrected chi connectivity index (χ3v) is 7.03. The monoisotopic (exact) mass is 369 g/mol. The fourth-order valence-electron chi connectivity index (χ4n) is 2.87. The van der Waals surface area contributed by atoms with E-state index in [0.29, 0.717) is 5.56 Å². The van der Waals surface area contributed by atoms with Crippen LogP contribution in [-0.2, 0) is 19.1 Å². The summed E-state index contributed by atoms with van der Waals surface area (Å²) in [6.45, 7) is 1.90. The van der Waals surface area contributed by atoms with Crippen molar-refractivity contribution in [3.8, 4) is 0 Å². The van der Waals surface area contributed by atoms with Gasteiger partial charge in [-0.2, -0.15) is 0 Å². The van der Waals surface area contributed by atoms with Gasteiger partial charge in [0.05, 0.1) is 19.8 Å². The van der Waals surface area contributed by atoms with E-state index in [1.807, 2.05) is 36.9 Å². The van der Waals surface area contributed by atoms with Crippen molar-refractivity contribution < 1.29 is 23.9 Å². The molecule has 0 heterocycles. The molecule has 0 saturated carbocycles. The Labute approximate surface area is 154 Å². The first kappa shape index (κ1) is 19.6. The summed E-state index contributed by atoms with van der Waals surface area (Å²) in [6.07, 6.45) is 0. The molecule has 2 rings (SSSR count). The van der Waals surface area contributed by atoms with Crippen molar-refractivity contribution in [1.82, 2.24) is 0 Å². The lowest BCUT2D eigenvalue weighted by Crippen LogP contribution is -2.45. The van der Waals surface area contributed by atoms with Crippen molar-refractivity contribution in [3.05, 3.63) is 66.2 Å². The molecular weight excluding hydrogens is 348 g/mol. The first-order valence-corrected chi connectivity index (χ1v) is 10.2. The van der Waals surface area contributed by atoms with Gasteiger partial charge in [-0.3, -0.25) is 14.4 Å². The van der Waals surface area contributed by atoms with Crippen LogP contribution >= 0.6 is 0 Å². The Morgan fingerprint density at radius 2 is 1.31 bits per heavy atom. The standard InChI is InChI=1S/C20H21O5Si/c1-24-19(22)16(17(21)14-10-6-4-7-11-14)18(20(23)25-2)26(3)15-12-8-5-9-13-15/h4-13,16,18H,1-3H3. The fourth-order valence-corrected chi connectivity index (χ4v) is 5.21. The minimum absolute atomic E-state index is 0.361. The predicted octanol–water partition coefficient (Wildman–Crippen LogP) is 2.23. The summed E-state index contributed by atoms with van der Waals surface area (Å²) in [5.41, 5.74) is -0.535. The first-order chi connectivity index (χ1) is 12.5. The van der Waals surface area contributed by atoms with Gasteiger partial charge in [0.15, 0.2) is 5.78 Å². The predicted molar refractivity (Wildman–Crippen MR) is 99.7 cm³/mol. The number of carbonyl (C=O) groups is 3. The van der Waals surface area contributed by atoms with Gasteiger partial charge in [-0.15, -0.1) is 0 Å². The van der Waals surface area contributed by atoms with Gasteiger partial charge < -0.3 is 9.47 Å². The van der Waals surface area contributed by atoms with Gasteiger partial charge in [0, 0.05) is 5.56 Å². The zero-order valence-electron chi connectivity index (χ0n) is 15.0. The van der Waals surface area contributed by atoms with Crippen molar-refractivity contribution in [2.45, 2.75) is 12.1 Å². The van der Waals surface area contributed by atoms with E-state index in [9.17, 15) is 14.4 Å². The van der Waals surface area contributed by atoms with Crippen LogP contribution in [0, 0.1) is 5.92 Å². The van der Waals surface area contributed by atoms with Crippen molar-refractivity contribution in [3.63, 3.8) is 0 Å². The molecule has 26 heavy (non-hydrogen) atoms. The molecule has 2 aromatic rings. The largest absolute Gasteiger partial charge is 0.469 e. The minimum atomic E-state index is -1.62. The van der Waals surface area contributed by atoms with Crippen LogP contribution in [-0.4, -0.2) is 40.7 Å². The average molecular weight is 369 g/mol. The molecule has 5 nitrogen and oxygen atoms in total. The Bertz CT molecular complexity index is 760. The van der Waals surface area contributed by atoms with Gasteiger partial charge in [-0.1, -0.05) is 72.4 Å². The zero-order valence-corrected chi connectivity index (χ0v) is 16.0. The lowest BCUT2D eigenvalue weighted by Gasteiger charge is -2.26. The molecule has 135 valence electrons. The molecule has 0 N–H and O–H groups in total. The van der Waals surface area contributed by atoms with E-state index in [-0.39, 0.29) is 0 Å². The molecule has 0 fully saturated rings. The number of esters is 2. The first-order valence-electron chi connectivity index (χ1n) is 8.15. The highest BCUT2D eigenvalue weighted by Crippen LogP contribution is 2.29. The molecule has 0 aliphatic rings. The summed E-state index contributed by atoms with van der Waals surface area (Å²) in [7, 11) is 0.858. The van der Waals surface area contributed by atoms with Gasteiger partial charge in [0.2, 0.25) is 0 Å². The molecule has 1 radical (unpaired) electrons. The van der Waals surface area contributed by atoms with Crippen LogP contribution in [0.4, 0.5) is 0 Å². The highest BCUT2D eigenvalue weighted by Gasteiger charge is 2.45. The lowest BCUT2D eigenvalue weighted by atomic mass is 9.94. The molecule has 0 spiro atoms. The SMILES string of the molecule is COC(=O)C(C(=O)c1ccccc1)C(C(=O)OC)[Si](C)c1ccccc1. The van der Waals surface area contributed by atoms with Crippen LogP contribution in [0.1, 0.15) is 10.4 Å². The van der Waals surface area contributed by atoms with Crippen molar-refractivity contribution in [2.75, 3.05) is 14.2 Å². The highest BCUT2D eigenvalue weighted by molar-refractivity contribution is 6.76. The highest BCUT2D eigenvalue weighted by atomic mass is 28.3. The number of ether oxygens (including phenoxy) is 2. The normalized spacial score (nSPS) is 12.9. The average Bonchev–Trinajstić information content (AvgIpc) is 2.71. The maximum atomic E-state index is 13.1. The van der Waals surface area contributed by atoms with Crippen LogP contribution < -0.4 is 5.19 Å². The second-order valence-corrected chi connectivity index (χ2v) is 8.35. The molecule has 2 unspecified atom stereocenters. The molecular formula is C20H21O5Si. The van der Waals surface area contributed by atoms with Crippen LogP contribution in [0.15, 0.2) is 60.7 Å². The molecule has 2 atom stereocenters. The number of ketones is 1. The van der Waals surface area contributed by atoms with Crippen LogP contribution in [0.2, 0.25) is 12.1 Å². The Balaban J connectivity index is 2.50. The van der Waals surface area contributed by atoms with Gasteiger partial charge >= 0.3 is 11.9 Å². The Kier molecular flexibility index (Phi) is 6.86. The molecule has 0 aromatic heterocycles. The maximum absolute atomic E-state index is 13.1. The van der Waals surface area contributed by atoms with Crippen LogP contribution in [0.3, 0.4) is 0 Å². The smallest absolute Gasteiger partial charge is 0.317 e. The number of hydrogen-bond acceptors (Lipinski definition) is 5. The van der Waals surface area contributed by atoms with E-state index in [1.165, 1.54) is 14.2 Å². The third kappa shape index (κ3) is 4.26. The maximum Gasteiger partial charge on any atom is 0.317 e. The molecule has 0 aliphatic heterocycles. The number of rotatable bonds is 7. The second-order valence-electron chi connectivity index (χ2n) is 5.78. The number of carbonyl (C=O) groups excluding carboxylic acids is 3. The summed E-state index contributed by atoms with van der Waals surface area (Å²) >= 11 is 0. The van der Waals surface area contributed by atoms with Gasteiger partial charge in [-0.05, 0) is 0 Å². The molecule has 0 aliphatic carbocycles. The van der Waals surface area contributed by atoms with Crippen molar-refractivity contribution in [1.29, 1.82) is 0 Å². The van der Waals surface area contributed by atoms with Crippen LogP contribution in [0.25, 0.3) is 0 Å². The summed E-state index contributed by atoms with van der Waals surface area (Å²) in [4.78, 5) is 38.1. The van der Waals surface area contributed by atoms with Gasteiger partial charge in [0.25, 0.3) is 0 Å². The zero-order chi connectivity index (χ0) is 19.1. The summed E-state index contributed by atoms with van der Waals surface area (Å²) in [5, 5.41) is 0.933. The topological polar surface area (TPSA) is 69.7 Å². The van der Waals surface area contributed by atoms with E-state index >= 15 is 0 Å². The van der Waals surface area contributed by atoms with Gasteiger partial charge in [0.1, 0.15) is 14.7 Å². The van der Waals surface area contributed by atoms with E-state index in [1.54, 1.807) is 30.3 Å². The number of hydrogen-bond donors (Lipinski definition) is 0. The minimum Gasteiger partial charge on any atom is -0.469 e. The Morgan fingerprint density at radius 3 is 1.81 bits per heavy atom. The number of Topliss-reactive ketones (excluding diaryl/α,β-unsaturated/α-hetero) is 1. The van der Waals surface area contributed by atoms with E-state index < -0.39 is 38.0 Å². The third-order valence-electron chi connectivity index (χ3n) is 4.28. The quantitative estimate of drug-likeness (QED) is 0.324. The molecule has 6 heteroatoms. The second kappa shape index (κ2) is 9.10. The number of benzene rings is 2. The summed E-state index contributed by atoms with van der Waals surface area (Å²) in [5.74, 6) is -2.98. The molecule has 0 bridgehead atoms. The van der Waals surface area contributed by atoms with E-state index in [4.69, 9.17) is 9.47 Å². The summed E-state index contributed by atoms with van der Waals surface area (Å²) in [6, 6.07) is 17.8. The van der Waals surface area contributed by atoms with Crippen molar-refractivity contribution in [2.24, 2.45) is 5.92 Å². The van der Waals surface area contributed by atoms with Crippen molar-refractivity contribution >= 4 is 31.7 Å².